The number of pyridine rings is 1. The van der Waals surface area contributed by atoms with Gasteiger partial charge in [-0.25, -0.2) is 14.4 Å². The van der Waals surface area contributed by atoms with Gasteiger partial charge in [-0.2, -0.15) is 0 Å². The predicted molar refractivity (Wildman–Crippen MR) is 71.1 cm³/mol. The third-order valence-electron chi connectivity index (χ3n) is 2.79. The van der Waals surface area contributed by atoms with Gasteiger partial charge in [0.05, 0.1) is 0 Å². The summed E-state index contributed by atoms with van der Waals surface area (Å²) in [7, 11) is 0. The molecule has 0 unspecified atom stereocenters. The second-order valence-corrected chi connectivity index (χ2v) is 4.24. The third-order valence-corrected chi connectivity index (χ3v) is 2.79. The van der Waals surface area contributed by atoms with Crippen LogP contribution in [0.2, 0.25) is 0 Å². The van der Waals surface area contributed by atoms with Crippen molar-refractivity contribution in [1.82, 2.24) is 9.97 Å². The monoisotopic (exact) mass is 287 g/mol. The number of hydrogen-bond acceptors (Lipinski definition) is 5. The Morgan fingerprint density at radius 1 is 1.29 bits per heavy atom. The van der Waals surface area contributed by atoms with Crippen molar-refractivity contribution in [2.45, 2.75) is 6.61 Å². The lowest BCUT2D eigenvalue weighted by Gasteiger charge is -2.04. The van der Waals surface area contributed by atoms with Crippen molar-refractivity contribution < 1.29 is 18.3 Å². The fourth-order valence-corrected chi connectivity index (χ4v) is 1.80. The maximum atomic E-state index is 13.6. The molecule has 0 aliphatic rings. The van der Waals surface area contributed by atoms with E-state index in [1.807, 2.05) is 0 Å². The minimum atomic E-state index is -0.684. The number of amides is 1. The first-order valence-corrected chi connectivity index (χ1v) is 6.06. The summed E-state index contributed by atoms with van der Waals surface area (Å²) < 4.78 is 24.0. The van der Waals surface area contributed by atoms with Gasteiger partial charge in [0, 0.05) is 11.5 Å². The number of aromatic nitrogens is 2. The number of nitrogens with two attached hydrogens (primary N) is 1. The van der Waals surface area contributed by atoms with Gasteiger partial charge in [-0.1, -0.05) is 12.1 Å². The van der Waals surface area contributed by atoms with Gasteiger partial charge in [-0.05, 0) is 12.1 Å². The van der Waals surface area contributed by atoms with E-state index in [-0.39, 0.29) is 29.6 Å². The van der Waals surface area contributed by atoms with Gasteiger partial charge in [0.2, 0.25) is 11.8 Å². The Labute approximate surface area is 118 Å². The van der Waals surface area contributed by atoms with E-state index >= 15 is 0 Å². The largest absolute Gasteiger partial charge is 0.468 e. The van der Waals surface area contributed by atoms with E-state index in [1.54, 1.807) is 24.3 Å². The first-order valence-electron chi connectivity index (χ1n) is 6.06. The molecule has 0 aliphatic carbocycles. The van der Waals surface area contributed by atoms with Crippen molar-refractivity contribution in [3.63, 3.8) is 0 Å². The third kappa shape index (κ3) is 2.66. The molecular formula is C14H10FN3O3. The van der Waals surface area contributed by atoms with Crippen molar-refractivity contribution in [2.75, 3.05) is 0 Å². The van der Waals surface area contributed by atoms with Crippen LogP contribution in [0.1, 0.15) is 16.4 Å². The molecule has 2 aromatic heterocycles. The van der Waals surface area contributed by atoms with Gasteiger partial charge in [0.15, 0.2) is 12.3 Å². The van der Waals surface area contributed by atoms with Crippen LogP contribution in [0.4, 0.5) is 4.39 Å². The SMILES string of the molecule is NC(=O)c1coc(COc2ccc3cccc(F)c3n2)n1. The van der Waals surface area contributed by atoms with Gasteiger partial charge < -0.3 is 14.9 Å². The number of primary amides is 1. The molecule has 0 atom stereocenters. The Balaban J connectivity index is 1.78. The number of carbonyl (C=O) groups excluding carboxylic acids is 1. The number of halogens is 1. The van der Waals surface area contributed by atoms with Crippen molar-refractivity contribution in [3.8, 4) is 5.88 Å². The molecule has 7 heteroatoms. The lowest BCUT2D eigenvalue weighted by Crippen LogP contribution is -2.11. The second-order valence-electron chi connectivity index (χ2n) is 4.24. The van der Waals surface area contributed by atoms with E-state index in [9.17, 15) is 9.18 Å². The van der Waals surface area contributed by atoms with Crippen molar-refractivity contribution in [3.05, 3.63) is 54.0 Å². The Hall–Kier alpha value is -2.96. The topological polar surface area (TPSA) is 91.2 Å². The van der Waals surface area contributed by atoms with Crippen molar-refractivity contribution in [2.24, 2.45) is 5.73 Å². The standard InChI is InChI=1S/C14H10FN3O3/c15-9-3-1-2-8-4-5-11(18-13(8)9)21-7-12-17-10(6-20-12)14(16)19/h1-6H,7H2,(H2,16,19). The Morgan fingerprint density at radius 3 is 2.90 bits per heavy atom. The van der Waals surface area contributed by atoms with E-state index in [1.165, 1.54) is 6.07 Å². The molecule has 0 spiro atoms. The summed E-state index contributed by atoms with van der Waals surface area (Å²) in [5.41, 5.74) is 5.30. The maximum Gasteiger partial charge on any atom is 0.270 e. The molecule has 2 N–H and O–H groups in total. The zero-order valence-electron chi connectivity index (χ0n) is 10.7. The molecule has 1 aromatic carbocycles. The van der Waals surface area contributed by atoms with Crippen LogP contribution in [0, 0.1) is 5.82 Å². The van der Waals surface area contributed by atoms with Crippen LogP contribution in [0.25, 0.3) is 10.9 Å². The molecule has 3 rings (SSSR count). The average Bonchev–Trinajstić information content (AvgIpc) is 2.95. The molecule has 2 heterocycles. The summed E-state index contributed by atoms with van der Waals surface area (Å²) in [6.45, 7) is -0.0414. The summed E-state index contributed by atoms with van der Waals surface area (Å²) >= 11 is 0. The molecule has 1 amide bonds. The number of nitrogens with zero attached hydrogens (tertiary/aromatic N) is 2. The zero-order chi connectivity index (χ0) is 14.8. The number of ether oxygens (including phenoxy) is 1. The summed E-state index contributed by atoms with van der Waals surface area (Å²) in [6.07, 6.45) is 1.15. The number of rotatable bonds is 4. The quantitative estimate of drug-likeness (QED) is 0.792. The number of carbonyl (C=O) groups is 1. The molecule has 0 saturated carbocycles. The zero-order valence-corrected chi connectivity index (χ0v) is 10.7. The van der Waals surface area contributed by atoms with Crippen LogP contribution in [-0.2, 0) is 6.61 Å². The first kappa shape index (κ1) is 13.0. The second kappa shape index (κ2) is 5.20. The minimum Gasteiger partial charge on any atom is -0.468 e. The number of oxazole rings is 1. The number of fused-ring (bicyclic) bond motifs is 1. The molecule has 21 heavy (non-hydrogen) atoms. The highest BCUT2D eigenvalue weighted by Gasteiger charge is 2.10. The maximum absolute atomic E-state index is 13.6. The highest BCUT2D eigenvalue weighted by Crippen LogP contribution is 2.19. The van der Waals surface area contributed by atoms with E-state index in [0.29, 0.717) is 5.39 Å². The van der Waals surface area contributed by atoms with Crippen molar-refractivity contribution in [1.29, 1.82) is 0 Å². The smallest absolute Gasteiger partial charge is 0.270 e. The number of para-hydroxylation sites is 1. The molecule has 106 valence electrons. The van der Waals surface area contributed by atoms with Crippen LogP contribution >= 0.6 is 0 Å². The van der Waals surface area contributed by atoms with E-state index < -0.39 is 11.7 Å². The molecule has 0 aliphatic heterocycles. The molecule has 0 radical (unpaired) electrons. The van der Waals surface area contributed by atoms with Crippen LogP contribution in [-0.4, -0.2) is 15.9 Å². The number of benzene rings is 1. The highest BCUT2D eigenvalue weighted by molar-refractivity contribution is 5.90. The summed E-state index contributed by atoms with van der Waals surface area (Å²) in [5, 5.41) is 0.675. The minimum absolute atomic E-state index is 0.0196. The fourth-order valence-electron chi connectivity index (χ4n) is 1.80. The first-order chi connectivity index (χ1) is 10.1. The molecule has 0 saturated heterocycles. The summed E-state index contributed by atoms with van der Waals surface area (Å²) in [5.74, 6) is -0.702. The van der Waals surface area contributed by atoms with Crippen LogP contribution in [0.15, 0.2) is 41.0 Å². The van der Waals surface area contributed by atoms with Gasteiger partial charge >= 0.3 is 0 Å². The van der Waals surface area contributed by atoms with Crippen LogP contribution < -0.4 is 10.5 Å². The summed E-state index contributed by atoms with van der Waals surface area (Å²) in [6, 6.07) is 8.00. The molecule has 0 fully saturated rings. The van der Waals surface area contributed by atoms with E-state index in [0.717, 1.165) is 6.26 Å². The summed E-state index contributed by atoms with van der Waals surface area (Å²) in [4.78, 5) is 18.8. The molecular weight excluding hydrogens is 277 g/mol. The molecule has 3 aromatic rings. The van der Waals surface area contributed by atoms with Gasteiger partial charge in [0.25, 0.3) is 5.91 Å². The van der Waals surface area contributed by atoms with E-state index in [2.05, 4.69) is 9.97 Å². The molecule has 6 nitrogen and oxygen atoms in total. The normalized spacial score (nSPS) is 10.7. The lowest BCUT2D eigenvalue weighted by atomic mass is 10.2. The Kier molecular flexibility index (Phi) is 3.23. The predicted octanol–water partition coefficient (Wildman–Crippen LogP) is 2.04. The van der Waals surface area contributed by atoms with Crippen molar-refractivity contribution >= 4 is 16.8 Å². The fraction of sp³-hybridized carbons (Fsp3) is 0.0714. The van der Waals surface area contributed by atoms with Gasteiger partial charge in [0.1, 0.15) is 17.6 Å². The molecule has 0 bridgehead atoms. The van der Waals surface area contributed by atoms with Gasteiger partial charge in [-0.3, -0.25) is 4.79 Å². The van der Waals surface area contributed by atoms with Crippen LogP contribution in [0.5, 0.6) is 5.88 Å². The highest BCUT2D eigenvalue weighted by atomic mass is 19.1. The van der Waals surface area contributed by atoms with Gasteiger partial charge in [-0.15, -0.1) is 0 Å². The number of hydrogen-bond donors (Lipinski definition) is 1. The van der Waals surface area contributed by atoms with E-state index in [4.69, 9.17) is 14.9 Å². The van der Waals surface area contributed by atoms with Crippen LogP contribution in [0.3, 0.4) is 0 Å². The lowest BCUT2D eigenvalue weighted by molar-refractivity contribution is 0.0995. The Bertz CT molecular complexity index is 816. The average molecular weight is 287 g/mol. The Morgan fingerprint density at radius 2 is 2.14 bits per heavy atom.